The molecule has 3 aromatic rings. The predicted octanol–water partition coefficient (Wildman–Crippen LogP) is 5.86. The SMILES string of the molecule is C=CC(=O)N1CCC(N(CC)c2cc(-c3ccc(CC4(OC)CCNCC4)c(Cl)c3)cc(C(=O)NCc3c(C)cc(C)[nH]c3=O)c2C)CC1. The molecular weight excluding hydrogens is 638 g/mol. The van der Waals surface area contributed by atoms with E-state index in [1.54, 1.807) is 7.11 Å². The molecular formula is C39H50ClN5O4. The Hall–Kier alpha value is -3.92. The second-order valence-corrected chi connectivity index (χ2v) is 13.9. The molecule has 5 rings (SSSR count). The largest absolute Gasteiger partial charge is 0.378 e. The summed E-state index contributed by atoms with van der Waals surface area (Å²) in [6.45, 7) is 15.5. The lowest BCUT2D eigenvalue weighted by Crippen LogP contribution is -2.46. The minimum atomic E-state index is -0.252. The zero-order valence-electron chi connectivity index (χ0n) is 29.5. The quantitative estimate of drug-likeness (QED) is 0.218. The van der Waals surface area contributed by atoms with Gasteiger partial charge in [-0.1, -0.05) is 30.3 Å². The molecule has 10 heteroatoms. The number of amides is 2. The highest BCUT2D eigenvalue weighted by Gasteiger charge is 2.33. The summed E-state index contributed by atoms with van der Waals surface area (Å²) in [5, 5.41) is 7.11. The van der Waals surface area contributed by atoms with Crippen LogP contribution in [0.4, 0.5) is 5.69 Å². The number of carbonyl (C=O) groups is 2. The number of rotatable bonds is 11. The molecule has 2 aliphatic rings. The van der Waals surface area contributed by atoms with Crippen LogP contribution < -0.4 is 21.1 Å². The minimum absolute atomic E-state index is 0.0433. The van der Waals surface area contributed by atoms with E-state index in [4.69, 9.17) is 16.3 Å². The Bertz CT molecular complexity index is 1750. The van der Waals surface area contributed by atoms with Crippen LogP contribution >= 0.6 is 11.6 Å². The molecule has 3 heterocycles. The number of nitrogens with one attached hydrogen (secondary N) is 3. The van der Waals surface area contributed by atoms with Crippen molar-refractivity contribution in [1.82, 2.24) is 20.5 Å². The van der Waals surface area contributed by atoms with Gasteiger partial charge in [-0.25, -0.2) is 0 Å². The van der Waals surface area contributed by atoms with E-state index < -0.39 is 0 Å². The number of pyridine rings is 1. The molecule has 0 aliphatic carbocycles. The number of halogens is 1. The number of hydrogen-bond donors (Lipinski definition) is 3. The van der Waals surface area contributed by atoms with Gasteiger partial charge in [-0.15, -0.1) is 0 Å². The summed E-state index contributed by atoms with van der Waals surface area (Å²) in [7, 11) is 1.78. The maximum atomic E-state index is 14.0. The lowest BCUT2D eigenvalue weighted by Gasteiger charge is -2.40. The summed E-state index contributed by atoms with van der Waals surface area (Å²) in [6, 6.07) is 12.3. The summed E-state index contributed by atoms with van der Waals surface area (Å²) >= 11 is 6.98. The van der Waals surface area contributed by atoms with E-state index in [9.17, 15) is 14.4 Å². The summed E-state index contributed by atoms with van der Waals surface area (Å²) in [5.74, 6) is -0.295. The van der Waals surface area contributed by atoms with E-state index in [0.717, 1.165) is 90.9 Å². The van der Waals surface area contributed by atoms with Gasteiger partial charge in [0.25, 0.3) is 11.5 Å². The first kappa shape index (κ1) is 36.4. The number of hydrogen-bond acceptors (Lipinski definition) is 6. The molecule has 0 spiro atoms. The Balaban J connectivity index is 1.50. The average Bonchev–Trinajstić information content (AvgIpc) is 3.10. The Labute approximate surface area is 295 Å². The highest BCUT2D eigenvalue weighted by molar-refractivity contribution is 6.31. The van der Waals surface area contributed by atoms with Gasteiger partial charge in [0.05, 0.1) is 5.60 Å². The second-order valence-electron chi connectivity index (χ2n) is 13.5. The summed E-state index contributed by atoms with van der Waals surface area (Å²) in [4.78, 5) is 46.0. The van der Waals surface area contributed by atoms with Crippen molar-refractivity contribution in [2.75, 3.05) is 44.7 Å². The van der Waals surface area contributed by atoms with Crippen LogP contribution in [0.5, 0.6) is 0 Å². The zero-order chi connectivity index (χ0) is 35.3. The maximum absolute atomic E-state index is 14.0. The number of aryl methyl sites for hydroxylation is 2. The molecule has 0 radical (unpaired) electrons. The van der Waals surface area contributed by atoms with Crippen LogP contribution in [0, 0.1) is 20.8 Å². The number of methoxy groups -OCH3 is 1. The van der Waals surface area contributed by atoms with Gasteiger partial charge < -0.3 is 30.2 Å². The summed E-state index contributed by atoms with van der Waals surface area (Å²) in [6.07, 6.45) is 5.56. The molecule has 0 unspecified atom stereocenters. The Morgan fingerprint density at radius 3 is 2.43 bits per heavy atom. The van der Waals surface area contributed by atoms with Gasteiger partial charge in [-0.05, 0) is 125 Å². The third-order valence-electron chi connectivity index (χ3n) is 10.4. The molecule has 3 N–H and O–H groups in total. The molecule has 1 aromatic heterocycles. The molecule has 2 aromatic carbocycles. The lowest BCUT2D eigenvalue weighted by atomic mass is 9.85. The predicted molar refractivity (Wildman–Crippen MR) is 198 cm³/mol. The normalized spacial score (nSPS) is 16.3. The number of carbonyl (C=O) groups excluding carboxylic acids is 2. The fraction of sp³-hybridized carbons (Fsp3) is 0.462. The molecule has 0 bridgehead atoms. The van der Waals surface area contributed by atoms with Gasteiger partial charge in [0.15, 0.2) is 0 Å². The van der Waals surface area contributed by atoms with Crippen molar-refractivity contribution in [2.45, 2.75) is 78.0 Å². The van der Waals surface area contributed by atoms with Gasteiger partial charge in [-0.3, -0.25) is 14.4 Å². The third-order valence-corrected chi connectivity index (χ3v) is 10.8. The van der Waals surface area contributed by atoms with E-state index in [2.05, 4.69) is 52.2 Å². The number of benzene rings is 2. The van der Waals surface area contributed by atoms with Gasteiger partial charge >= 0.3 is 0 Å². The summed E-state index contributed by atoms with van der Waals surface area (Å²) in [5.41, 5.74) is 6.90. The fourth-order valence-electron chi connectivity index (χ4n) is 7.47. The van der Waals surface area contributed by atoms with Crippen LogP contribution in [0.1, 0.15) is 70.9 Å². The topological polar surface area (TPSA) is 107 Å². The van der Waals surface area contributed by atoms with Crippen molar-refractivity contribution >= 4 is 29.1 Å². The first-order chi connectivity index (χ1) is 23.5. The van der Waals surface area contributed by atoms with Crippen molar-refractivity contribution in [2.24, 2.45) is 0 Å². The number of aromatic nitrogens is 1. The fourth-order valence-corrected chi connectivity index (χ4v) is 7.72. The van der Waals surface area contributed by atoms with Crippen molar-refractivity contribution in [3.8, 4) is 11.1 Å². The number of piperidine rings is 2. The Morgan fingerprint density at radius 2 is 1.82 bits per heavy atom. The zero-order valence-corrected chi connectivity index (χ0v) is 30.3. The molecule has 2 amide bonds. The molecule has 2 fully saturated rings. The maximum Gasteiger partial charge on any atom is 0.253 e. The lowest BCUT2D eigenvalue weighted by molar-refractivity contribution is -0.127. The molecule has 2 aliphatic heterocycles. The molecule has 0 atom stereocenters. The van der Waals surface area contributed by atoms with Crippen LogP contribution in [-0.4, -0.2) is 73.2 Å². The van der Waals surface area contributed by atoms with E-state index in [-0.39, 0.29) is 35.6 Å². The van der Waals surface area contributed by atoms with Crippen molar-refractivity contribution in [3.05, 3.63) is 97.9 Å². The van der Waals surface area contributed by atoms with Crippen LogP contribution in [0.25, 0.3) is 11.1 Å². The number of ether oxygens (including phenoxy) is 1. The summed E-state index contributed by atoms with van der Waals surface area (Å²) < 4.78 is 6.02. The number of H-pyrrole nitrogens is 1. The number of nitrogens with zero attached hydrogens (tertiary/aromatic N) is 2. The highest BCUT2D eigenvalue weighted by atomic mass is 35.5. The first-order valence-corrected chi connectivity index (χ1v) is 17.7. The van der Waals surface area contributed by atoms with E-state index in [1.807, 2.05) is 43.9 Å². The van der Waals surface area contributed by atoms with Crippen LogP contribution in [-0.2, 0) is 22.5 Å². The van der Waals surface area contributed by atoms with E-state index in [1.165, 1.54) is 6.08 Å². The van der Waals surface area contributed by atoms with Gasteiger partial charge in [0.2, 0.25) is 5.91 Å². The van der Waals surface area contributed by atoms with Gasteiger partial charge in [0, 0.05) is 73.3 Å². The molecule has 2 saturated heterocycles. The molecule has 9 nitrogen and oxygen atoms in total. The molecule has 262 valence electrons. The van der Waals surface area contributed by atoms with Crippen LogP contribution in [0.15, 0.2) is 53.8 Å². The Kier molecular flexibility index (Phi) is 11.7. The van der Waals surface area contributed by atoms with Crippen molar-refractivity contribution in [1.29, 1.82) is 0 Å². The number of aromatic amines is 1. The average molecular weight is 688 g/mol. The third kappa shape index (κ3) is 8.11. The van der Waals surface area contributed by atoms with E-state index in [0.29, 0.717) is 29.2 Å². The number of anilines is 1. The van der Waals surface area contributed by atoms with Gasteiger partial charge in [0.1, 0.15) is 0 Å². The van der Waals surface area contributed by atoms with Crippen LogP contribution in [0.3, 0.4) is 0 Å². The second kappa shape index (κ2) is 15.7. The standard InChI is InChI=1S/C39H50ClN5O4/c1-7-36(46)44-17-11-31(12-18-44)45(8-2)35-22-30(28-9-10-29(34(40)21-28)23-39(49-6)13-15-41-16-14-39)20-32(27(35)5)37(47)42-24-33-25(3)19-26(4)43-38(33)48/h7,9-10,19-22,31,41H,1,8,11-18,23-24H2,2-6H3,(H,42,47)(H,43,48). The van der Waals surface area contributed by atoms with Crippen molar-refractivity contribution in [3.63, 3.8) is 0 Å². The van der Waals surface area contributed by atoms with Crippen LogP contribution in [0.2, 0.25) is 5.02 Å². The highest BCUT2D eigenvalue weighted by Crippen LogP contribution is 2.37. The monoisotopic (exact) mass is 687 g/mol. The molecule has 49 heavy (non-hydrogen) atoms. The first-order valence-electron chi connectivity index (χ1n) is 17.3. The smallest absolute Gasteiger partial charge is 0.253 e. The van der Waals surface area contributed by atoms with E-state index >= 15 is 0 Å². The Morgan fingerprint density at radius 1 is 1.10 bits per heavy atom. The van der Waals surface area contributed by atoms with Crippen molar-refractivity contribution < 1.29 is 14.3 Å². The minimum Gasteiger partial charge on any atom is -0.378 e. The number of likely N-dealkylation sites (tertiary alicyclic amines) is 1. The molecule has 0 saturated carbocycles. The van der Waals surface area contributed by atoms with Gasteiger partial charge in [-0.2, -0.15) is 0 Å².